The Labute approximate surface area is 158 Å². The van der Waals surface area contributed by atoms with Crippen molar-refractivity contribution in [1.29, 1.82) is 0 Å². The number of nitrogens with zero attached hydrogens (tertiary/aromatic N) is 2. The van der Waals surface area contributed by atoms with Crippen molar-refractivity contribution < 1.29 is 14.3 Å². The van der Waals surface area contributed by atoms with Crippen molar-refractivity contribution >= 4 is 22.7 Å². The number of hydrogen-bond acceptors (Lipinski definition) is 4. The van der Waals surface area contributed by atoms with Gasteiger partial charge >= 0.3 is 5.97 Å². The number of pyridine rings is 1. The minimum absolute atomic E-state index is 0.0805. The number of esters is 1. The molecule has 138 valence electrons. The van der Waals surface area contributed by atoms with Gasteiger partial charge in [0.05, 0.1) is 11.9 Å². The highest BCUT2D eigenvalue weighted by Crippen LogP contribution is 2.18. The van der Waals surface area contributed by atoms with E-state index in [1.807, 2.05) is 54.8 Å². The molecule has 0 saturated carbocycles. The maximum absolute atomic E-state index is 12.5. The summed E-state index contributed by atoms with van der Waals surface area (Å²) in [6, 6.07) is 11.3. The van der Waals surface area contributed by atoms with Crippen molar-refractivity contribution in [3.63, 3.8) is 0 Å². The van der Waals surface area contributed by atoms with Crippen LogP contribution < -0.4 is 0 Å². The fraction of sp³-hybridized carbons (Fsp3) is 0.227. The van der Waals surface area contributed by atoms with Crippen molar-refractivity contribution in [2.45, 2.75) is 26.8 Å². The molecule has 0 atom stereocenters. The molecule has 0 fully saturated rings. The number of carbonyl (C=O) groups is 2. The molecule has 0 bridgehead atoms. The van der Waals surface area contributed by atoms with Crippen molar-refractivity contribution in [1.82, 2.24) is 9.55 Å². The third kappa shape index (κ3) is 3.97. The van der Waals surface area contributed by atoms with E-state index in [1.54, 1.807) is 12.3 Å². The second kappa shape index (κ2) is 7.99. The predicted octanol–water partition coefficient (Wildman–Crippen LogP) is 3.81. The van der Waals surface area contributed by atoms with Crippen molar-refractivity contribution in [3.8, 4) is 0 Å². The lowest BCUT2D eigenvalue weighted by atomic mass is 10.1. The first kappa shape index (κ1) is 18.6. The summed E-state index contributed by atoms with van der Waals surface area (Å²) in [5, 5.41) is 0.966. The second-order valence-electron chi connectivity index (χ2n) is 6.44. The van der Waals surface area contributed by atoms with Crippen LogP contribution in [0.1, 0.15) is 27.3 Å². The SMILES string of the molecule is C=CCn1c(C)cc(C(=O)COC(=O)Cc2cccc3cccnc23)c1C. The van der Waals surface area contributed by atoms with E-state index in [1.165, 1.54) is 0 Å². The fourth-order valence-corrected chi connectivity index (χ4v) is 3.23. The molecule has 0 N–H and O–H groups in total. The summed E-state index contributed by atoms with van der Waals surface area (Å²) in [7, 11) is 0. The number of hydrogen-bond donors (Lipinski definition) is 0. The molecule has 0 radical (unpaired) electrons. The molecular weight excluding hydrogens is 340 g/mol. The molecule has 5 heteroatoms. The quantitative estimate of drug-likeness (QED) is 0.364. The maximum atomic E-state index is 12.5. The van der Waals surface area contributed by atoms with Crippen LogP contribution in [0.3, 0.4) is 0 Å². The van der Waals surface area contributed by atoms with Gasteiger partial charge in [-0.3, -0.25) is 14.6 Å². The minimum Gasteiger partial charge on any atom is -0.457 e. The van der Waals surface area contributed by atoms with Gasteiger partial charge in [-0.2, -0.15) is 0 Å². The third-order valence-electron chi connectivity index (χ3n) is 4.60. The zero-order valence-corrected chi connectivity index (χ0v) is 15.6. The Morgan fingerprint density at radius 3 is 2.78 bits per heavy atom. The van der Waals surface area contributed by atoms with Crippen molar-refractivity contribution in [2.75, 3.05) is 6.61 Å². The molecule has 0 unspecified atom stereocenters. The zero-order chi connectivity index (χ0) is 19.4. The summed E-state index contributed by atoms with van der Waals surface area (Å²) in [4.78, 5) is 29.0. The van der Waals surface area contributed by atoms with Gasteiger partial charge in [-0.25, -0.2) is 0 Å². The number of Topliss-reactive ketones (excluding diaryl/α,β-unsaturated/α-hetero) is 1. The minimum atomic E-state index is -0.443. The van der Waals surface area contributed by atoms with Gasteiger partial charge in [0.2, 0.25) is 5.78 Å². The first-order chi connectivity index (χ1) is 13.0. The largest absolute Gasteiger partial charge is 0.457 e. The molecule has 3 rings (SSSR count). The van der Waals surface area contributed by atoms with Gasteiger partial charge in [0, 0.05) is 35.1 Å². The predicted molar refractivity (Wildman–Crippen MR) is 105 cm³/mol. The molecule has 0 aliphatic rings. The van der Waals surface area contributed by atoms with Gasteiger partial charge in [0.1, 0.15) is 0 Å². The van der Waals surface area contributed by atoms with Crippen LogP contribution >= 0.6 is 0 Å². The first-order valence-electron chi connectivity index (χ1n) is 8.80. The zero-order valence-electron chi connectivity index (χ0n) is 15.6. The van der Waals surface area contributed by atoms with Crippen LogP contribution in [-0.4, -0.2) is 27.9 Å². The average molecular weight is 362 g/mol. The normalized spacial score (nSPS) is 10.7. The van der Waals surface area contributed by atoms with E-state index in [9.17, 15) is 9.59 Å². The molecule has 0 aliphatic heterocycles. The number of ketones is 1. The maximum Gasteiger partial charge on any atom is 0.310 e. The Balaban J connectivity index is 1.66. The lowest BCUT2D eigenvalue weighted by molar-refractivity contribution is -0.141. The van der Waals surface area contributed by atoms with E-state index >= 15 is 0 Å². The fourth-order valence-electron chi connectivity index (χ4n) is 3.23. The first-order valence-corrected chi connectivity index (χ1v) is 8.80. The van der Waals surface area contributed by atoms with Crippen LogP contribution in [0.15, 0.2) is 55.3 Å². The lowest BCUT2D eigenvalue weighted by Crippen LogP contribution is -2.16. The van der Waals surface area contributed by atoms with E-state index in [2.05, 4.69) is 11.6 Å². The molecule has 27 heavy (non-hydrogen) atoms. The highest BCUT2D eigenvalue weighted by molar-refractivity contribution is 5.99. The Morgan fingerprint density at radius 1 is 1.22 bits per heavy atom. The number of benzene rings is 1. The number of rotatable bonds is 7. The molecule has 5 nitrogen and oxygen atoms in total. The highest BCUT2D eigenvalue weighted by Gasteiger charge is 2.17. The molecule has 0 saturated heterocycles. The van der Waals surface area contributed by atoms with Gasteiger partial charge in [0.15, 0.2) is 6.61 Å². The van der Waals surface area contributed by atoms with Gasteiger partial charge in [-0.05, 0) is 31.5 Å². The monoisotopic (exact) mass is 362 g/mol. The average Bonchev–Trinajstić information content (AvgIpc) is 2.95. The molecule has 1 aromatic carbocycles. The van der Waals surface area contributed by atoms with Gasteiger partial charge in [0.25, 0.3) is 0 Å². The van der Waals surface area contributed by atoms with Crippen LogP contribution in [0.4, 0.5) is 0 Å². The number of allylic oxidation sites excluding steroid dienone is 1. The van der Waals surface area contributed by atoms with Crippen LogP contribution in [0.2, 0.25) is 0 Å². The summed E-state index contributed by atoms with van der Waals surface area (Å²) >= 11 is 0. The molecule has 0 amide bonds. The lowest BCUT2D eigenvalue weighted by Gasteiger charge is -2.08. The van der Waals surface area contributed by atoms with E-state index in [-0.39, 0.29) is 18.8 Å². The summed E-state index contributed by atoms with van der Waals surface area (Å²) in [6.07, 6.45) is 3.56. The van der Waals surface area contributed by atoms with Crippen LogP contribution in [0.5, 0.6) is 0 Å². The Morgan fingerprint density at radius 2 is 2.00 bits per heavy atom. The van der Waals surface area contributed by atoms with Gasteiger partial charge in [-0.15, -0.1) is 6.58 Å². The van der Waals surface area contributed by atoms with Crippen LogP contribution in [0.25, 0.3) is 10.9 Å². The molecular formula is C22H22N2O3. The molecule has 0 aliphatic carbocycles. The van der Waals surface area contributed by atoms with E-state index in [4.69, 9.17) is 4.74 Å². The number of aryl methyl sites for hydroxylation is 1. The highest BCUT2D eigenvalue weighted by atomic mass is 16.5. The summed E-state index contributed by atoms with van der Waals surface area (Å²) < 4.78 is 7.23. The smallest absolute Gasteiger partial charge is 0.310 e. The van der Waals surface area contributed by atoms with E-state index in [0.717, 1.165) is 27.9 Å². The molecule has 0 spiro atoms. The number of carbonyl (C=O) groups excluding carboxylic acids is 2. The molecule has 2 heterocycles. The number of fused-ring (bicyclic) bond motifs is 1. The number of aromatic nitrogens is 2. The van der Waals surface area contributed by atoms with E-state index < -0.39 is 5.97 Å². The van der Waals surface area contributed by atoms with Crippen molar-refractivity contribution in [3.05, 3.63) is 77.8 Å². The Hall–Kier alpha value is -3.21. The van der Waals surface area contributed by atoms with Crippen molar-refractivity contribution in [2.24, 2.45) is 0 Å². The van der Waals surface area contributed by atoms with Gasteiger partial charge in [-0.1, -0.05) is 30.3 Å². The Kier molecular flexibility index (Phi) is 5.50. The topological polar surface area (TPSA) is 61.2 Å². The third-order valence-corrected chi connectivity index (χ3v) is 4.60. The molecule has 2 aromatic heterocycles. The number of para-hydroxylation sites is 1. The standard InChI is InChI=1S/C22H22N2O3/c1-4-11-24-15(2)12-19(16(24)3)20(25)14-27-21(26)13-18-8-5-7-17-9-6-10-23-22(17)18/h4-10,12H,1,11,13-14H2,2-3H3. The van der Waals surface area contributed by atoms with Crippen LogP contribution in [-0.2, 0) is 22.5 Å². The van der Waals surface area contributed by atoms with Gasteiger partial charge < -0.3 is 9.30 Å². The molecule has 3 aromatic rings. The summed E-state index contributed by atoms with van der Waals surface area (Å²) in [5.41, 5.74) is 3.97. The summed E-state index contributed by atoms with van der Waals surface area (Å²) in [5.74, 6) is -0.649. The number of ether oxygens (including phenoxy) is 1. The van der Waals surface area contributed by atoms with Crippen LogP contribution in [0, 0.1) is 13.8 Å². The Bertz CT molecular complexity index is 1010. The van der Waals surface area contributed by atoms with E-state index in [0.29, 0.717) is 12.1 Å². The summed E-state index contributed by atoms with van der Waals surface area (Å²) in [6.45, 7) is 7.92. The second-order valence-corrected chi connectivity index (χ2v) is 6.44.